The molecule has 4 rings (SSSR count). The first-order chi connectivity index (χ1) is 20.6. The Morgan fingerprint density at radius 2 is 1.89 bits per heavy atom. The van der Waals surface area contributed by atoms with Crippen LogP contribution in [0.1, 0.15) is 41.8 Å². The van der Waals surface area contributed by atoms with Gasteiger partial charge in [0, 0.05) is 43.4 Å². The number of aliphatic hydroxyl groups is 2. The second kappa shape index (κ2) is 12.0. The summed E-state index contributed by atoms with van der Waals surface area (Å²) in [5.41, 5.74) is 2.38. The molecule has 0 bridgehead atoms. The summed E-state index contributed by atoms with van der Waals surface area (Å²) in [7, 11) is 6.61. The van der Waals surface area contributed by atoms with Crippen LogP contribution in [-0.4, -0.2) is 85.1 Å². The lowest BCUT2D eigenvalue weighted by molar-refractivity contribution is -0.134. The Hall–Kier alpha value is -4.34. The van der Waals surface area contributed by atoms with Crippen LogP contribution in [0.25, 0.3) is 0 Å². The molecule has 0 fully saturated rings. The largest absolute Gasteiger partial charge is 0.508 e. The highest BCUT2D eigenvalue weighted by Crippen LogP contribution is 2.55. The molecule has 238 valence electrons. The molecule has 0 radical (unpaired) electrons. The number of amides is 2. The smallest absolute Gasteiger partial charge is 0.407 e. The van der Waals surface area contributed by atoms with Crippen molar-refractivity contribution in [1.82, 2.24) is 10.2 Å². The van der Waals surface area contributed by atoms with Gasteiger partial charge >= 0.3 is 6.09 Å². The van der Waals surface area contributed by atoms with Crippen LogP contribution < -0.4 is 26.7 Å². The molecule has 1 aromatic carbocycles. The fraction of sp³-hybridized carbons (Fsp3) is 0.517. The van der Waals surface area contributed by atoms with Gasteiger partial charge in [-0.2, -0.15) is 5.90 Å². The fourth-order valence-corrected chi connectivity index (χ4v) is 6.58. The number of allylic oxidation sites excluding steroid dienone is 1. The molecule has 0 spiro atoms. The average molecular weight is 615 g/mol. The molecular formula is C29H38N6O9. The van der Waals surface area contributed by atoms with E-state index in [9.17, 15) is 34.3 Å². The van der Waals surface area contributed by atoms with Crippen molar-refractivity contribution in [2.24, 2.45) is 34.6 Å². The molecule has 15 nitrogen and oxygen atoms in total. The number of rotatable bonds is 9. The zero-order chi connectivity index (χ0) is 32.8. The maximum atomic E-state index is 14.4. The summed E-state index contributed by atoms with van der Waals surface area (Å²) in [6, 6.07) is 0.540. The van der Waals surface area contributed by atoms with Gasteiger partial charge in [0.1, 0.15) is 17.0 Å². The number of benzene rings is 1. The summed E-state index contributed by atoms with van der Waals surface area (Å²) >= 11 is 0. The van der Waals surface area contributed by atoms with Gasteiger partial charge in [-0.15, -0.1) is 4.91 Å². The Labute approximate surface area is 253 Å². The van der Waals surface area contributed by atoms with Crippen LogP contribution in [0.5, 0.6) is 5.75 Å². The molecule has 0 saturated carbocycles. The van der Waals surface area contributed by atoms with E-state index in [1.165, 1.54) is 4.90 Å². The van der Waals surface area contributed by atoms with Crippen LogP contribution in [-0.2, 0) is 27.3 Å². The lowest BCUT2D eigenvalue weighted by atomic mass is 9.58. The molecule has 7 N–H and O–H groups in total. The van der Waals surface area contributed by atoms with Crippen molar-refractivity contribution in [3.8, 4) is 5.75 Å². The third kappa shape index (κ3) is 5.10. The standard InChI is InChI=1S/C29H38N6O9/c1-12(2)11-43-28(40)32-10-14-9-17(34(3)4)15-7-13-8-16-21(35(5)6)23(37)20(27(30)39)26(38)29(16,41)25(33-42)18(13)22(36)19(15)24(14)44-31/h9,12-13,16,21,38,41H,7-8,10-11,31H2,1-6H3,(H2,30,39)(H,32,40)/t13-,16-,21+,29-/m0/s1. The maximum absolute atomic E-state index is 14.4. The number of nitrogens with one attached hydrogen (secondary N) is 1. The number of nitrogens with zero attached hydrogens (tertiary/aromatic N) is 3. The van der Waals surface area contributed by atoms with Crippen molar-refractivity contribution >= 4 is 29.3 Å². The number of anilines is 1. The third-order valence-corrected chi connectivity index (χ3v) is 8.42. The number of carbonyl (C=O) groups excluding carboxylic acids is 4. The summed E-state index contributed by atoms with van der Waals surface area (Å²) in [5.74, 6) is -0.162. The lowest BCUT2D eigenvalue weighted by Gasteiger charge is -2.50. The number of nitroso groups, excluding NO2 is 1. The second-order valence-corrected chi connectivity index (χ2v) is 12.1. The number of ketones is 2. The normalized spacial score (nSPS) is 24.5. The predicted molar refractivity (Wildman–Crippen MR) is 157 cm³/mol. The van der Waals surface area contributed by atoms with Crippen molar-refractivity contribution < 1.29 is 39.0 Å². The van der Waals surface area contributed by atoms with Gasteiger partial charge in [-0.3, -0.25) is 19.3 Å². The molecule has 0 heterocycles. The van der Waals surface area contributed by atoms with Crippen molar-refractivity contribution in [3.05, 3.63) is 50.3 Å². The van der Waals surface area contributed by atoms with E-state index in [1.54, 1.807) is 39.2 Å². The number of hydrogen-bond donors (Lipinski definition) is 5. The molecule has 0 unspecified atom stereocenters. The molecule has 0 aromatic heterocycles. The van der Waals surface area contributed by atoms with Gasteiger partial charge in [0.2, 0.25) is 0 Å². The molecule has 1 aromatic rings. The van der Waals surface area contributed by atoms with E-state index >= 15 is 0 Å². The number of fused-ring (bicyclic) bond motifs is 3. The molecule has 3 aliphatic carbocycles. The van der Waals surface area contributed by atoms with Gasteiger partial charge in [0.05, 0.1) is 18.2 Å². The molecule has 4 atom stereocenters. The summed E-state index contributed by atoms with van der Waals surface area (Å²) in [5, 5.41) is 28.8. The van der Waals surface area contributed by atoms with E-state index in [0.29, 0.717) is 16.8 Å². The van der Waals surface area contributed by atoms with Crippen molar-refractivity contribution in [3.63, 3.8) is 0 Å². The Bertz CT molecular complexity index is 1500. The van der Waals surface area contributed by atoms with E-state index in [0.717, 1.165) is 0 Å². The highest BCUT2D eigenvalue weighted by Gasteiger charge is 2.63. The Morgan fingerprint density at radius 3 is 2.41 bits per heavy atom. The summed E-state index contributed by atoms with van der Waals surface area (Å²) in [6.07, 6.45) is -0.572. The molecule has 15 heteroatoms. The van der Waals surface area contributed by atoms with Crippen LogP contribution in [0.3, 0.4) is 0 Å². The van der Waals surface area contributed by atoms with Crippen LogP contribution in [0.4, 0.5) is 10.5 Å². The summed E-state index contributed by atoms with van der Waals surface area (Å²) in [6.45, 7) is 3.83. The summed E-state index contributed by atoms with van der Waals surface area (Å²) in [4.78, 5) is 73.2. The number of carbonyl (C=O) groups is 4. The lowest BCUT2D eigenvalue weighted by Crippen LogP contribution is -2.62. The monoisotopic (exact) mass is 614 g/mol. The van der Waals surface area contributed by atoms with Crippen LogP contribution in [0.2, 0.25) is 0 Å². The molecule has 2 amide bonds. The van der Waals surface area contributed by atoms with E-state index in [1.807, 2.05) is 13.8 Å². The van der Waals surface area contributed by atoms with Gasteiger partial charge in [0.15, 0.2) is 22.9 Å². The predicted octanol–water partition coefficient (Wildman–Crippen LogP) is 0.824. The summed E-state index contributed by atoms with van der Waals surface area (Å²) < 4.78 is 5.17. The van der Waals surface area contributed by atoms with Gasteiger partial charge in [0.25, 0.3) is 5.91 Å². The SMILES string of the molecule is CC(C)COC(=O)NCc1cc(N(C)C)c2c(c1ON)C(=O)C1=C(N=O)[C@]3(O)C(O)=C(C(N)=O)C(=O)[C@H](N(C)C)[C@@H]3C[C@@H]1C2. The van der Waals surface area contributed by atoms with Crippen molar-refractivity contribution in [1.29, 1.82) is 0 Å². The van der Waals surface area contributed by atoms with Crippen molar-refractivity contribution in [2.75, 3.05) is 39.7 Å². The average Bonchev–Trinajstić information content (AvgIpc) is 2.94. The highest BCUT2D eigenvalue weighted by atomic mass is 16.6. The maximum Gasteiger partial charge on any atom is 0.407 e. The van der Waals surface area contributed by atoms with Crippen LogP contribution >= 0.6 is 0 Å². The number of ether oxygens (including phenoxy) is 1. The van der Waals surface area contributed by atoms with E-state index in [4.69, 9.17) is 21.2 Å². The molecule has 44 heavy (non-hydrogen) atoms. The zero-order valence-electron chi connectivity index (χ0n) is 25.5. The minimum atomic E-state index is -2.67. The first-order valence-corrected chi connectivity index (χ1v) is 14.0. The quantitative estimate of drug-likeness (QED) is 0.148. The fourth-order valence-electron chi connectivity index (χ4n) is 6.58. The number of alkyl carbamates (subject to hydrolysis) is 1. The number of likely N-dealkylation sites (N-methyl/N-ethyl adjacent to an activating group) is 1. The minimum absolute atomic E-state index is 0.0184. The zero-order valence-corrected chi connectivity index (χ0v) is 25.5. The van der Waals surface area contributed by atoms with Gasteiger partial charge in [-0.1, -0.05) is 13.8 Å². The number of hydrogen-bond acceptors (Lipinski definition) is 13. The van der Waals surface area contributed by atoms with Gasteiger partial charge < -0.3 is 35.7 Å². The Balaban J connectivity index is 1.93. The van der Waals surface area contributed by atoms with Crippen LogP contribution in [0.15, 0.2) is 33.8 Å². The van der Waals surface area contributed by atoms with E-state index < -0.39 is 64.1 Å². The van der Waals surface area contributed by atoms with Gasteiger partial charge in [-0.05, 0) is 55.6 Å². The molecule has 0 saturated heterocycles. The van der Waals surface area contributed by atoms with Crippen LogP contribution in [0, 0.1) is 22.7 Å². The van der Waals surface area contributed by atoms with Gasteiger partial charge in [-0.25, -0.2) is 4.79 Å². The molecule has 3 aliphatic rings. The molecular weight excluding hydrogens is 576 g/mol. The number of aliphatic hydroxyl groups excluding tert-OH is 1. The highest BCUT2D eigenvalue weighted by molar-refractivity contribution is 6.22. The first-order valence-electron chi connectivity index (χ1n) is 14.0. The van der Waals surface area contributed by atoms with Crippen molar-refractivity contribution in [2.45, 2.75) is 44.9 Å². The number of nitrogens with two attached hydrogens (primary N) is 2. The van der Waals surface area contributed by atoms with E-state index in [-0.39, 0.29) is 48.8 Å². The number of primary amides is 1. The van der Waals surface area contributed by atoms with E-state index in [2.05, 4.69) is 10.5 Å². The Morgan fingerprint density at radius 1 is 1.23 bits per heavy atom. The topological polar surface area (TPSA) is 227 Å². The Kier molecular flexibility index (Phi) is 8.87. The number of Topliss-reactive ketones (excluding diaryl/α,β-unsaturated/α-hetero) is 2. The first kappa shape index (κ1) is 32.6. The third-order valence-electron chi connectivity index (χ3n) is 8.42. The second-order valence-electron chi connectivity index (χ2n) is 12.1. The minimum Gasteiger partial charge on any atom is -0.508 e. The molecule has 0 aliphatic heterocycles.